The van der Waals surface area contributed by atoms with Crippen LogP contribution in [0.2, 0.25) is 0 Å². The highest BCUT2D eigenvalue weighted by Gasteiger charge is 2.18. The molecule has 0 saturated heterocycles. The van der Waals surface area contributed by atoms with Gasteiger partial charge in [0.1, 0.15) is 5.69 Å². The second kappa shape index (κ2) is 3.99. The number of rotatable bonds is 1. The normalized spacial score (nSPS) is 12.2. The first-order valence-electron chi connectivity index (χ1n) is 6.69. The van der Waals surface area contributed by atoms with E-state index < -0.39 is 0 Å². The summed E-state index contributed by atoms with van der Waals surface area (Å²) in [5.74, 6) is 1.23. The molecule has 2 aromatic rings. The molecule has 2 heterocycles. The number of hydrogen-bond donors (Lipinski definition) is 0. The van der Waals surface area contributed by atoms with E-state index in [1.165, 1.54) is 21.2 Å². The van der Waals surface area contributed by atoms with Crippen molar-refractivity contribution >= 4 is 27.1 Å². The molecule has 0 amide bonds. The lowest BCUT2D eigenvalue weighted by molar-refractivity contribution is 0.725. The molecule has 0 unspecified atom stereocenters. The average molecular weight is 282 g/mol. The predicted molar refractivity (Wildman–Crippen MR) is 81.6 cm³/mol. The number of benzene rings is 1. The summed E-state index contributed by atoms with van der Waals surface area (Å²) in [6.07, 6.45) is 0. The predicted octanol–water partition coefficient (Wildman–Crippen LogP) is 3.88. The van der Waals surface area contributed by atoms with Gasteiger partial charge in [0.05, 0.1) is 4.88 Å². The van der Waals surface area contributed by atoms with Crippen molar-refractivity contribution in [3.05, 3.63) is 35.7 Å². The van der Waals surface area contributed by atoms with Crippen LogP contribution in [0.5, 0.6) is 0 Å². The van der Waals surface area contributed by atoms with Gasteiger partial charge in [0.15, 0.2) is 5.82 Å². The van der Waals surface area contributed by atoms with Gasteiger partial charge in [0, 0.05) is 11.3 Å². The highest BCUT2D eigenvalue weighted by Crippen LogP contribution is 2.37. The molecule has 1 aromatic heterocycles. The first-order valence-corrected chi connectivity index (χ1v) is 7.51. The third kappa shape index (κ3) is 1.50. The molecule has 4 nitrogen and oxygen atoms in total. The Balaban J connectivity index is 2.16. The Hall–Kier alpha value is -2.01. The van der Waals surface area contributed by atoms with Crippen LogP contribution in [-0.4, -0.2) is 19.8 Å². The second-order valence-corrected chi connectivity index (χ2v) is 6.41. The summed E-state index contributed by atoms with van der Waals surface area (Å²) >= 11 is 1.65. The molecule has 0 N–H and O–H groups in total. The standard InChI is InChI=1S/C15H14N4S/c1-8(2)14-16-17-15-19(14)18-13-10-6-4-5-9(3)11(10)7-12(13)20-15/h4-8H,1-3H3. The van der Waals surface area contributed by atoms with Crippen LogP contribution in [0.1, 0.15) is 31.2 Å². The molecule has 1 aliphatic carbocycles. The van der Waals surface area contributed by atoms with Gasteiger partial charge in [-0.3, -0.25) is 0 Å². The molecule has 0 saturated carbocycles. The summed E-state index contributed by atoms with van der Waals surface area (Å²) in [5, 5.41) is 15.8. The molecule has 5 heteroatoms. The Labute approximate surface area is 120 Å². The minimum absolute atomic E-state index is 0.310. The van der Waals surface area contributed by atoms with Gasteiger partial charge in [-0.15, -0.1) is 10.2 Å². The Morgan fingerprint density at radius 2 is 2.00 bits per heavy atom. The summed E-state index contributed by atoms with van der Waals surface area (Å²) in [5.41, 5.74) is 2.33. The Morgan fingerprint density at radius 1 is 1.15 bits per heavy atom. The molecule has 2 aliphatic rings. The smallest absolute Gasteiger partial charge is 0.187 e. The van der Waals surface area contributed by atoms with E-state index in [9.17, 15) is 0 Å². The maximum Gasteiger partial charge on any atom is 0.233 e. The number of aryl methyl sites for hydroxylation is 1. The van der Waals surface area contributed by atoms with Gasteiger partial charge in [-0.05, 0) is 23.9 Å². The van der Waals surface area contributed by atoms with E-state index in [0.29, 0.717) is 5.92 Å². The lowest BCUT2D eigenvalue weighted by Crippen LogP contribution is -2.01. The summed E-state index contributed by atoms with van der Waals surface area (Å²) < 4.78 is 1.89. The Kier molecular flexibility index (Phi) is 2.35. The molecule has 0 bridgehead atoms. The first-order chi connectivity index (χ1) is 9.65. The molecular formula is C15H14N4S. The maximum absolute atomic E-state index is 4.79. The van der Waals surface area contributed by atoms with Crippen LogP contribution in [0.3, 0.4) is 0 Å². The van der Waals surface area contributed by atoms with Crippen LogP contribution in [0.25, 0.3) is 26.3 Å². The Morgan fingerprint density at radius 3 is 2.80 bits per heavy atom. The van der Waals surface area contributed by atoms with Crippen molar-refractivity contribution in [1.82, 2.24) is 19.8 Å². The number of fused-ring (bicyclic) bond motifs is 4. The van der Waals surface area contributed by atoms with E-state index in [0.717, 1.165) is 16.5 Å². The van der Waals surface area contributed by atoms with Gasteiger partial charge in [-0.2, -0.15) is 9.61 Å². The SMILES string of the molecule is Cc1cccc2c3nn4c(C(C)C)nnc4sc-3cc12. The Bertz CT molecular complexity index is 903. The summed E-state index contributed by atoms with van der Waals surface area (Å²) in [6.45, 7) is 6.36. The number of hydrogen-bond acceptors (Lipinski definition) is 4. The zero-order chi connectivity index (χ0) is 13.9. The molecule has 0 fully saturated rings. The van der Waals surface area contributed by atoms with E-state index in [1.807, 2.05) is 4.52 Å². The van der Waals surface area contributed by atoms with Gasteiger partial charge in [0.25, 0.3) is 0 Å². The molecular weight excluding hydrogens is 268 g/mol. The third-order valence-corrected chi connectivity index (χ3v) is 4.61. The van der Waals surface area contributed by atoms with Crippen LogP contribution >= 0.6 is 11.3 Å². The van der Waals surface area contributed by atoms with Gasteiger partial charge < -0.3 is 0 Å². The molecule has 0 spiro atoms. The van der Waals surface area contributed by atoms with E-state index in [2.05, 4.69) is 55.2 Å². The van der Waals surface area contributed by atoms with Crippen molar-refractivity contribution in [1.29, 1.82) is 0 Å². The van der Waals surface area contributed by atoms with Crippen LogP contribution in [0.4, 0.5) is 0 Å². The van der Waals surface area contributed by atoms with Gasteiger partial charge in [0.2, 0.25) is 4.96 Å². The van der Waals surface area contributed by atoms with Crippen LogP contribution < -0.4 is 0 Å². The van der Waals surface area contributed by atoms with Crippen molar-refractivity contribution in [2.75, 3.05) is 0 Å². The van der Waals surface area contributed by atoms with Gasteiger partial charge in [-0.1, -0.05) is 43.4 Å². The minimum Gasteiger partial charge on any atom is -0.187 e. The molecule has 0 radical (unpaired) electrons. The monoisotopic (exact) mass is 282 g/mol. The lowest BCUT2D eigenvalue weighted by atomic mass is 10.1. The molecule has 4 rings (SSSR count). The second-order valence-electron chi connectivity index (χ2n) is 5.40. The topological polar surface area (TPSA) is 43.1 Å². The van der Waals surface area contributed by atoms with E-state index in [-0.39, 0.29) is 0 Å². The zero-order valence-corrected chi connectivity index (χ0v) is 12.4. The fraction of sp³-hybridized carbons (Fsp3) is 0.267. The minimum atomic E-state index is 0.310. The summed E-state index contributed by atoms with van der Waals surface area (Å²) in [4.78, 5) is 2.03. The van der Waals surface area contributed by atoms with Crippen molar-refractivity contribution < 1.29 is 0 Å². The van der Waals surface area contributed by atoms with E-state index in [4.69, 9.17) is 5.10 Å². The van der Waals surface area contributed by atoms with E-state index in [1.54, 1.807) is 11.3 Å². The van der Waals surface area contributed by atoms with Crippen LogP contribution in [0, 0.1) is 6.92 Å². The van der Waals surface area contributed by atoms with Crippen molar-refractivity contribution in [2.45, 2.75) is 26.7 Å². The van der Waals surface area contributed by atoms with Crippen LogP contribution in [-0.2, 0) is 0 Å². The number of nitrogens with zero attached hydrogens (tertiary/aromatic N) is 4. The highest BCUT2D eigenvalue weighted by molar-refractivity contribution is 7.20. The van der Waals surface area contributed by atoms with E-state index >= 15 is 0 Å². The first kappa shape index (κ1) is 11.8. The summed E-state index contributed by atoms with van der Waals surface area (Å²) in [6, 6.07) is 8.57. The van der Waals surface area contributed by atoms with Crippen molar-refractivity contribution in [3.8, 4) is 10.6 Å². The average Bonchev–Trinajstić information content (AvgIpc) is 2.98. The molecule has 0 atom stereocenters. The fourth-order valence-corrected chi connectivity index (χ4v) is 3.51. The third-order valence-electron chi connectivity index (χ3n) is 3.64. The number of aromatic nitrogens is 4. The van der Waals surface area contributed by atoms with Crippen molar-refractivity contribution in [2.24, 2.45) is 0 Å². The lowest BCUT2D eigenvalue weighted by Gasteiger charge is -2.03. The maximum atomic E-state index is 4.79. The van der Waals surface area contributed by atoms with Crippen LogP contribution in [0.15, 0.2) is 24.3 Å². The quantitative estimate of drug-likeness (QED) is 0.532. The molecule has 100 valence electrons. The highest BCUT2D eigenvalue weighted by atomic mass is 32.1. The molecule has 20 heavy (non-hydrogen) atoms. The summed E-state index contributed by atoms with van der Waals surface area (Å²) in [7, 11) is 0. The molecule has 1 aliphatic heterocycles. The van der Waals surface area contributed by atoms with Gasteiger partial charge in [-0.25, -0.2) is 0 Å². The fourth-order valence-electron chi connectivity index (χ4n) is 2.58. The van der Waals surface area contributed by atoms with Crippen molar-refractivity contribution in [3.63, 3.8) is 0 Å². The largest absolute Gasteiger partial charge is 0.233 e. The van der Waals surface area contributed by atoms with Gasteiger partial charge >= 0.3 is 0 Å². The molecule has 1 aromatic carbocycles. The zero-order valence-electron chi connectivity index (χ0n) is 11.6.